The van der Waals surface area contributed by atoms with Gasteiger partial charge >= 0.3 is 0 Å². The summed E-state index contributed by atoms with van der Waals surface area (Å²) in [7, 11) is 0. The molecule has 0 fully saturated rings. The zero-order valence-corrected chi connectivity index (χ0v) is 13.4. The highest BCUT2D eigenvalue weighted by Crippen LogP contribution is 2.17. The summed E-state index contributed by atoms with van der Waals surface area (Å²) in [4.78, 5) is 9.03. The molecule has 0 aliphatic rings. The van der Waals surface area contributed by atoms with Gasteiger partial charge in [-0.25, -0.2) is 0 Å². The van der Waals surface area contributed by atoms with Crippen LogP contribution in [0.3, 0.4) is 0 Å². The summed E-state index contributed by atoms with van der Waals surface area (Å²) in [6.45, 7) is 1.99. The largest absolute Gasteiger partial charge is 0.586 e. The first kappa shape index (κ1) is 15.4. The molecular weight excluding hydrogens is 306 g/mol. The molecule has 0 saturated carbocycles. The molecule has 1 heterocycles. The average molecular weight is 321 g/mol. The monoisotopic (exact) mass is 321 g/mol. The fraction of sp³-hybridized carbons (Fsp3) is 0.0556. The molecule has 0 saturated heterocycles. The lowest BCUT2D eigenvalue weighted by molar-refractivity contribution is 0.597. The van der Waals surface area contributed by atoms with Gasteiger partial charge in [-0.05, 0) is 30.7 Å². The summed E-state index contributed by atoms with van der Waals surface area (Å²) in [5, 5.41) is 0. The minimum atomic E-state index is -1.40. The van der Waals surface area contributed by atoms with Crippen molar-refractivity contribution in [2.24, 2.45) is 4.40 Å². The summed E-state index contributed by atoms with van der Waals surface area (Å²) >= 11 is -1.40. The van der Waals surface area contributed by atoms with E-state index in [-0.39, 0.29) is 0 Å². The van der Waals surface area contributed by atoms with Crippen LogP contribution in [0.5, 0.6) is 0 Å². The summed E-state index contributed by atoms with van der Waals surface area (Å²) in [6, 6.07) is 15.3. The Morgan fingerprint density at radius 2 is 1.91 bits per heavy atom. The second-order valence-corrected chi connectivity index (χ2v) is 6.19. The van der Waals surface area contributed by atoms with Gasteiger partial charge in [-0.15, -0.1) is 0 Å². The number of hydrogen-bond acceptors (Lipinski definition) is 4. The van der Waals surface area contributed by atoms with Crippen LogP contribution >= 0.6 is 0 Å². The van der Waals surface area contributed by atoms with E-state index >= 15 is 0 Å². The molecule has 5 heteroatoms. The molecule has 1 unspecified atom stereocenters. The van der Waals surface area contributed by atoms with Gasteiger partial charge in [0.1, 0.15) is 11.4 Å². The van der Waals surface area contributed by atoms with E-state index in [1.807, 2.05) is 55.5 Å². The van der Waals surface area contributed by atoms with Crippen molar-refractivity contribution >= 4 is 17.6 Å². The Morgan fingerprint density at radius 3 is 2.65 bits per heavy atom. The van der Waals surface area contributed by atoms with Gasteiger partial charge in [-0.2, -0.15) is 0 Å². The highest BCUT2D eigenvalue weighted by Gasteiger charge is 2.08. The fourth-order valence-corrected chi connectivity index (χ4v) is 2.76. The Morgan fingerprint density at radius 1 is 1.09 bits per heavy atom. The molecule has 0 radical (unpaired) electrons. The molecule has 0 aliphatic carbocycles. The van der Waals surface area contributed by atoms with E-state index in [1.165, 1.54) is 0 Å². The lowest BCUT2D eigenvalue weighted by Gasteiger charge is -2.03. The van der Waals surface area contributed by atoms with E-state index in [0.29, 0.717) is 4.90 Å². The average Bonchev–Trinajstić information content (AvgIpc) is 2.61. The van der Waals surface area contributed by atoms with Crippen LogP contribution in [0.2, 0.25) is 0 Å². The number of aromatic nitrogens is 2. The SMILES string of the molecule is Cc1ccc([S+]([O-])N=Cc2cccc(-c3cnccn3)c2)cc1. The summed E-state index contributed by atoms with van der Waals surface area (Å²) < 4.78 is 16.3. The zero-order valence-electron chi connectivity index (χ0n) is 12.6. The lowest BCUT2D eigenvalue weighted by Crippen LogP contribution is -1.98. The Hall–Kier alpha value is -2.50. The van der Waals surface area contributed by atoms with Crippen LogP contribution in [0.1, 0.15) is 11.1 Å². The smallest absolute Gasteiger partial charge is 0.182 e. The molecular formula is C18H15N3OS. The topological polar surface area (TPSA) is 61.2 Å². The first-order valence-electron chi connectivity index (χ1n) is 7.11. The second-order valence-electron chi connectivity index (χ2n) is 5.01. The van der Waals surface area contributed by atoms with E-state index in [1.54, 1.807) is 24.8 Å². The molecule has 3 rings (SSSR count). The van der Waals surface area contributed by atoms with Crippen molar-refractivity contribution in [3.63, 3.8) is 0 Å². The van der Waals surface area contributed by atoms with Crippen LogP contribution in [0.4, 0.5) is 0 Å². The van der Waals surface area contributed by atoms with E-state index in [2.05, 4.69) is 14.4 Å². The van der Waals surface area contributed by atoms with Crippen molar-refractivity contribution in [3.05, 3.63) is 78.2 Å². The van der Waals surface area contributed by atoms with Gasteiger partial charge < -0.3 is 4.55 Å². The predicted molar refractivity (Wildman–Crippen MR) is 92.6 cm³/mol. The fourth-order valence-electron chi connectivity index (χ4n) is 2.05. The van der Waals surface area contributed by atoms with Gasteiger partial charge in [0.2, 0.25) is 0 Å². The van der Waals surface area contributed by atoms with Crippen LogP contribution in [-0.2, 0) is 11.4 Å². The van der Waals surface area contributed by atoms with E-state index in [9.17, 15) is 4.55 Å². The van der Waals surface area contributed by atoms with Crippen LogP contribution in [0.15, 0.2) is 76.4 Å². The third-order valence-electron chi connectivity index (χ3n) is 3.27. The van der Waals surface area contributed by atoms with Crippen molar-refractivity contribution in [1.82, 2.24) is 9.97 Å². The third-order valence-corrected chi connectivity index (χ3v) is 4.24. The van der Waals surface area contributed by atoms with Crippen molar-refractivity contribution in [2.45, 2.75) is 11.8 Å². The standard InChI is InChI=1S/C18H15N3OS/c1-14-5-7-17(8-6-14)23(22)21-12-15-3-2-4-16(11-15)18-13-19-9-10-20-18/h2-13H,1H3. The predicted octanol–water partition coefficient (Wildman–Crippen LogP) is 3.59. The maximum absolute atomic E-state index is 12.2. The molecule has 0 amide bonds. The Balaban J connectivity index is 1.78. The first-order chi connectivity index (χ1) is 11.2. The molecule has 0 N–H and O–H groups in total. The van der Waals surface area contributed by atoms with Crippen LogP contribution in [-0.4, -0.2) is 20.7 Å². The summed E-state index contributed by atoms with van der Waals surface area (Å²) in [5.74, 6) is 0. The highest BCUT2D eigenvalue weighted by atomic mass is 32.2. The minimum absolute atomic E-state index is 0.692. The van der Waals surface area contributed by atoms with Gasteiger partial charge in [0.15, 0.2) is 4.90 Å². The Bertz CT molecular complexity index is 804. The van der Waals surface area contributed by atoms with Crippen molar-refractivity contribution in [2.75, 3.05) is 0 Å². The molecule has 1 aromatic heterocycles. The van der Waals surface area contributed by atoms with Crippen molar-refractivity contribution in [3.8, 4) is 11.3 Å². The maximum atomic E-state index is 12.2. The molecule has 0 spiro atoms. The van der Waals surface area contributed by atoms with Gasteiger partial charge in [-0.3, -0.25) is 9.97 Å². The van der Waals surface area contributed by atoms with Gasteiger partial charge in [0.25, 0.3) is 0 Å². The number of aryl methyl sites for hydroxylation is 1. The zero-order chi connectivity index (χ0) is 16.1. The van der Waals surface area contributed by atoms with Gasteiger partial charge in [0, 0.05) is 18.0 Å². The maximum Gasteiger partial charge on any atom is 0.182 e. The lowest BCUT2D eigenvalue weighted by atomic mass is 10.1. The van der Waals surface area contributed by atoms with E-state index < -0.39 is 11.4 Å². The van der Waals surface area contributed by atoms with Gasteiger partial charge in [-0.1, -0.05) is 40.3 Å². The molecule has 4 nitrogen and oxygen atoms in total. The molecule has 114 valence electrons. The number of hydrogen-bond donors (Lipinski definition) is 0. The number of benzene rings is 2. The highest BCUT2D eigenvalue weighted by molar-refractivity contribution is 7.90. The Labute approximate surface area is 138 Å². The first-order valence-corrected chi connectivity index (χ1v) is 8.22. The summed E-state index contributed by atoms with van der Waals surface area (Å²) in [5.41, 5.74) is 3.74. The molecule has 0 aliphatic heterocycles. The number of rotatable bonds is 4. The van der Waals surface area contributed by atoms with Crippen molar-refractivity contribution < 1.29 is 4.55 Å². The molecule has 0 bridgehead atoms. The Kier molecular flexibility index (Phi) is 4.80. The normalized spacial score (nSPS) is 12.4. The second kappa shape index (κ2) is 7.17. The van der Waals surface area contributed by atoms with Crippen LogP contribution in [0.25, 0.3) is 11.3 Å². The summed E-state index contributed by atoms with van der Waals surface area (Å²) in [6.07, 6.45) is 6.62. The van der Waals surface area contributed by atoms with E-state index in [0.717, 1.165) is 22.4 Å². The van der Waals surface area contributed by atoms with E-state index in [4.69, 9.17) is 0 Å². The van der Waals surface area contributed by atoms with Crippen LogP contribution in [0, 0.1) is 6.92 Å². The van der Waals surface area contributed by atoms with Crippen molar-refractivity contribution in [1.29, 1.82) is 0 Å². The number of nitrogens with zero attached hydrogens (tertiary/aromatic N) is 3. The minimum Gasteiger partial charge on any atom is -0.586 e. The van der Waals surface area contributed by atoms with Crippen LogP contribution < -0.4 is 0 Å². The third kappa shape index (κ3) is 4.03. The molecule has 1 atom stereocenters. The quantitative estimate of drug-likeness (QED) is 0.545. The molecule has 2 aromatic carbocycles. The van der Waals surface area contributed by atoms with Gasteiger partial charge in [0.05, 0.1) is 18.1 Å². The molecule has 23 heavy (non-hydrogen) atoms. The molecule has 3 aromatic rings.